The fourth-order valence-corrected chi connectivity index (χ4v) is 3.33. The number of ketones is 1. The molecule has 0 radical (unpaired) electrons. The van der Waals surface area contributed by atoms with Crippen LogP contribution in [0.25, 0.3) is 0 Å². The molecule has 1 amide bonds. The zero-order valence-electron chi connectivity index (χ0n) is 14.9. The first kappa shape index (κ1) is 19.1. The molecule has 0 aliphatic carbocycles. The SMILES string of the molecule is CC(=O)c1ccc(NC(=O)c2cc(COc3ccc(Cl)c(C)c3)cs2)cc1. The molecule has 2 aromatic carbocycles. The number of benzene rings is 2. The molecule has 3 aromatic rings. The summed E-state index contributed by atoms with van der Waals surface area (Å²) in [6, 6.07) is 14.1. The average Bonchev–Trinajstić information content (AvgIpc) is 3.12. The average molecular weight is 400 g/mol. The van der Waals surface area contributed by atoms with Crippen molar-refractivity contribution in [2.45, 2.75) is 20.5 Å². The fourth-order valence-electron chi connectivity index (χ4n) is 2.42. The monoisotopic (exact) mass is 399 g/mol. The van der Waals surface area contributed by atoms with E-state index in [0.29, 0.717) is 27.8 Å². The van der Waals surface area contributed by atoms with Crippen LogP contribution in [0.15, 0.2) is 53.9 Å². The molecule has 4 nitrogen and oxygen atoms in total. The van der Waals surface area contributed by atoms with E-state index in [9.17, 15) is 9.59 Å². The zero-order chi connectivity index (χ0) is 19.4. The Morgan fingerprint density at radius 2 is 1.85 bits per heavy atom. The van der Waals surface area contributed by atoms with Crippen LogP contribution in [-0.4, -0.2) is 11.7 Å². The van der Waals surface area contributed by atoms with Crippen molar-refractivity contribution in [2.75, 3.05) is 5.32 Å². The second-order valence-corrected chi connectivity index (χ2v) is 7.42. The standard InChI is InChI=1S/C21H18ClNO3S/c1-13-9-18(7-8-19(13)22)26-11-15-10-20(27-12-15)21(25)23-17-5-3-16(4-6-17)14(2)24/h3-10,12H,11H2,1-2H3,(H,23,25). The lowest BCUT2D eigenvalue weighted by atomic mass is 10.1. The van der Waals surface area contributed by atoms with Gasteiger partial charge in [-0.3, -0.25) is 9.59 Å². The third kappa shape index (κ3) is 4.96. The minimum absolute atomic E-state index is 0.00773. The van der Waals surface area contributed by atoms with Crippen LogP contribution in [0.5, 0.6) is 5.75 Å². The largest absolute Gasteiger partial charge is 0.489 e. The number of ether oxygens (including phenoxy) is 1. The molecular formula is C21H18ClNO3S. The minimum Gasteiger partial charge on any atom is -0.489 e. The summed E-state index contributed by atoms with van der Waals surface area (Å²) in [5.41, 5.74) is 3.13. The second kappa shape index (κ2) is 8.37. The highest BCUT2D eigenvalue weighted by molar-refractivity contribution is 7.12. The third-order valence-electron chi connectivity index (χ3n) is 3.96. The van der Waals surface area contributed by atoms with Gasteiger partial charge in [0.15, 0.2) is 5.78 Å². The lowest BCUT2D eigenvalue weighted by molar-refractivity contribution is 0.101. The molecule has 1 N–H and O–H groups in total. The van der Waals surface area contributed by atoms with Gasteiger partial charge in [0.25, 0.3) is 5.91 Å². The minimum atomic E-state index is -0.191. The molecule has 0 aliphatic heterocycles. The lowest BCUT2D eigenvalue weighted by Gasteiger charge is -2.06. The number of hydrogen-bond donors (Lipinski definition) is 1. The molecule has 0 spiro atoms. The number of Topliss-reactive ketones (excluding diaryl/α,β-unsaturated/α-hetero) is 1. The second-order valence-electron chi connectivity index (χ2n) is 6.11. The van der Waals surface area contributed by atoms with Gasteiger partial charge in [0, 0.05) is 21.8 Å². The number of rotatable bonds is 6. The highest BCUT2D eigenvalue weighted by atomic mass is 35.5. The van der Waals surface area contributed by atoms with E-state index in [1.807, 2.05) is 30.5 Å². The van der Waals surface area contributed by atoms with Gasteiger partial charge in [0.05, 0.1) is 4.88 Å². The number of thiophene rings is 1. The number of carbonyl (C=O) groups is 2. The highest BCUT2D eigenvalue weighted by Crippen LogP contribution is 2.23. The van der Waals surface area contributed by atoms with E-state index in [-0.39, 0.29) is 11.7 Å². The topological polar surface area (TPSA) is 55.4 Å². The first-order chi connectivity index (χ1) is 12.9. The summed E-state index contributed by atoms with van der Waals surface area (Å²) >= 11 is 7.37. The van der Waals surface area contributed by atoms with Crippen molar-refractivity contribution >= 4 is 40.3 Å². The highest BCUT2D eigenvalue weighted by Gasteiger charge is 2.11. The van der Waals surface area contributed by atoms with Gasteiger partial charge in [-0.1, -0.05) is 11.6 Å². The summed E-state index contributed by atoms with van der Waals surface area (Å²) in [6.07, 6.45) is 0. The van der Waals surface area contributed by atoms with Crippen molar-refractivity contribution in [1.29, 1.82) is 0 Å². The van der Waals surface area contributed by atoms with Gasteiger partial charge in [0.2, 0.25) is 0 Å². The predicted octanol–water partition coefficient (Wildman–Crippen LogP) is 5.74. The summed E-state index contributed by atoms with van der Waals surface area (Å²) in [5, 5.41) is 5.43. The molecule has 138 valence electrons. The van der Waals surface area contributed by atoms with E-state index < -0.39 is 0 Å². The number of aryl methyl sites for hydroxylation is 1. The van der Waals surface area contributed by atoms with Crippen LogP contribution in [-0.2, 0) is 6.61 Å². The molecule has 0 saturated carbocycles. The van der Waals surface area contributed by atoms with E-state index in [4.69, 9.17) is 16.3 Å². The number of nitrogens with one attached hydrogen (secondary N) is 1. The van der Waals surface area contributed by atoms with E-state index in [0.717, 1.165) is 16.9 Å². The van der Waals surface area contributed by atoms with Crippen molar-refractivity contribution in [1.82, 2.24) is 0 Å². The maximum Gasteiger partial charge on any atom is 0.265 e. The quantitative estimate of drug-likeness (QED) is 0.537. The smallest absolute Gasteiger partial charge is 0.265 e. The van der Waals surface area contributed by atoms with Crippen molar-refractivity contribution in [3.63, 3.8) is 0 Å². The van der Waals surface area contributed by atoms with Crippen LogP contribution < -0.4 is 10.1 Å². The number of anilines is 1. The first-order valence-corrected chi connectivity index (χ1v) is 9.57. The molecule has 1 aromatic heterocycles. The first-order valence-electron chi connectivity index (χ1n) is 8.31. The summed E-state index contributed by atoms with van der Waals surface area (Å²) in [6.45, 7) is 3.80. The Kier molecular flexibility index (Phi) is 5.94. The van der Waals surface area contributed by atoms with Crippen LogP contribution >= 0.6 is 22.9 Å². The van der Waals surface area contributed by atoms with Gasteiger partial charge in [-0.25, -0.2) is 0 Å². The summed E-state index contributed by atoms with van der Waals surface area (Å²) in [4.78, 5) is 24.3. The van der Waals surface area contributed by atoms with E-state index in [1.54, 1.807) is 30.3 Å². The fraction of sp³-hybridized carbons (Fsp3) is 0.143. The van der Waals surface area contributed by atoms with Crippen molar-refractivity contribution < 1.29 is 14.3 Å². The van der Waals surface area contributed by atoms with E-state index in [2.05, 4.69) is 5.32 Å². The van der Waals surface area contributed by atoms with Crippen LogP contribution in [0.3, 0.4) is 0 Å². The molecule has 0 bridgehead atoms. The maximum atomic E-state index is 12.4. The summed E-state index contributed by atoms with van der Waals surface area (Å²) < 4.78 is 5.76. The third-order valence-corrected chi connectivity index (χ3v) is 5.36. The lowest BCUT2D eigenvalue weighted by Crippen LogP contribution is -2.10. The number of amides is 1. The predicted molar refractivity (Wildman–Crippen MR) is 109 cm³/mol. The Hall–Kier alpha value is -2.63. The maximum absolute atomic E-state index is 12.4. The molecule has 0 unspecified atom stereocenters. The summed E-state index contributed by atoms with van der Waals surface area (Å²) in [5.74, 6) is 0.537. The number of hydrogen-bond acceptors (Lipinski definition) is 4. The molecule has 0 saturated heterocycles. The molecule has 27 heavy (non-hydrogen) atoms. The normalized spacial score (nSPS) is 10.5. The molecule has 0 atom stereocenters. The molecule has 0 fully saturated rings. The Balaban J connectivity index is 1.59. The van der Waals surface area contributed by atoms with Crippen LogP contribution in [0.1, 0.15) is 38.1 Å². The Bertz CT molecular complexity index is 979. The molecule has 0 aliphatic rings. The van der Waals surface area contributed by atoms with E-state index in [1.165, 1.54) is 18.3 Å². The van der Waals surface area contributed by atoms with Gasteiger partial charge in [-0.2, -0.15) is 0 Å². The van der Waals surface area contributed by atoms with Crippen LogP contribution in [0.2, 0.25) is 5.02 Å². The molecule has 1 heterocycles. The van der Waals surface area contributed by atoms with Crippen molar-refractivity contribution in [2.24, 2.45) is 0 Å². The number of halogens is 1. The Morgan fingerprint density at radius 1 is 1.11 bits per heavy atom. The number of carbonyl (C=O) groups excluding carboxylic acids is 2. The van der Waals surface area contributed by atoms with E-state index >= 15 is 0 Å². The molecular weight excluding hydrogens is 382 g/mol. The zero-order valence-corrected chi connectivity index (χ0v) is 16.5. The Morgan fingerprint density at radius 3 is 2.52 bits per heavy atom. The van der Waals surface area contributed by atoms with Gasteiger partial charge < -0.3 is 10.1 Å². The molecule has 6 heteroatoms. The molecule has 3 rings (SSSR count). The Labute approximate surface area is 166 Å². The van der Waals surface area contributed by atoms with Crippen molar-refractivity contribution in [3.05, 3.63) is 80.5 Å². The van der Waals surface area contributed by atoms with Gasteiger partial charge in [0.1, 0.15) is 12.4 Å². The van der Waals surface area contributed by atoms with Gasteiger partial charge in [-0.05, 0) is 73.3 Å². The van der Waals surface area contributed by atoms with Crippen molar-refractivity contribution in [3.8, 4) is 5.75 Å². The summed E-state index contributed by atoms with van der Waals surface area (Å²) in [7, 11) is 0. The van der Waals surface area contributed by atoms with Crippen LogP contribution in [0, 0.1) is 6.92 Å². The van der Waals surface area contributed by atoms with Gasteiger partial charge >= 0.3 is 0 Å². The van der Waals surface area contributed by atoms with Crippen LogP contribution in [0.4, 0.5) is 5.69 Å². The van der Waals surface area contributed by atoms with Gasteiger partial charge in [-0.15, -0.1) is 11.3 Å².